The number of ketones is 1. The van der Waals surface area contributed by atoms with E-state index in [4.69, 9.17) is 4.74 Å². The number of nitrogens with zero attached hydrogens (tertiary/aromatic N) is 1. The third kappa shape index (κ3) is 3.76. The van der Waals surface area contributed by atoms with Crippen LogP contribution in [-0.4, -0.2) is 25.5 Å². The average molecular weight is 352 g/mol. The van der Waals surface area contributed by atoms with Gasteiger partial charge in [-0.2, -0.15) is 5.26 Å². The highest BCUT2D eigenvalue weighted by Gasteiger charge is 2.34. The molecule has 1 fully saturated rings. The minimum absolute atomic E-state index is 0.0446. The highest BCUT2D eigenvalue weighted by molar-refractivity contribution is 5.95. The van der Waals surface area contributed by atoms with Crippen LogP contribution in [0.1, 0.15) is 41.3 Å². The summed E-state index contributed by atoms with van der Waals surface area (Å²) < 4.78 is 18.9. The molecule has 5 heteroatoms. The molecule has 0 bridgehead atoms. The first-order valence-electron chi connectivity index (χ1n) is 8.67. The Morgan fingerprint density at radius 3 is 2.54 bits per heavy atom. The van der Waals surface area contributed by atoms with Crippen molar-refractivity contribution in [1.82, 2.24) is 0 Å². The lowest BCUT2D eigenvalue weighted by molar-refractivity contribution is 0.0543. The fraction of sp³-hybridized carbons (Fsp3) is 0.333. The second kappa shape index (κ2) is 7.67. The minimum atomic E-state index is -0.259. The molecule has 0 aromatic heterocycles. The van der Waals surface area contributed by atoms with Gasteiger partial charge in [-0.3, -0.25) is 4.79 Å². The Kier molecular flexibility index (Phi) is 5.34. The van der Waals surface area contributed by atoms with Gasteiger partial charge >= 0.3 is 0 Å². The Balaban J connectivity index is 1.89. The first-order chi connectivity index (χ1) is 12.5. The van der Waals surface area contributed by atoms with Crippen molar-refractivity contribution >= 4 is 11.5 Å². The molecular weight excluding hydrogens is 331 g/mol. The fourth-order valence-electron chi connectivity index (χ4n) is 3.40. The summed E-state index contributed by atoms with van der Waals surface area (Å²) in [5.41, 5.74) is 2.56. The maximum atomic E-state index is 13.3. The topological polar surface area (TPSA) is 62.1 Å². The third-order valence-electron chi connectivity index (χ3n) is 5.07. The lowest BCUT2D eigenvalue weighted by atomic mass is 9.74. The van der Waals surface area contributed by atoms with Gasteiger partial charge in [0, 0.05) is 30.7 Å². The highest BCUT2D eigenvalue weighted by atomic mass is 19.1. The van der Waals surface area contributed by atoms with Crippen LogP contribution in [0.2, 0.25) is 0 Å². The van der Waals surface area contributed by atoms with E-state index in [1.807, 2.05) is 12.1 Å². The largest absolute Gasteiger partial charge is 0.383 e. The number of nitriles is 1. The van der Waals surface area contributed by atoms with Crippen LogP contribution in [0.4, 0.5) is 10.1 Å². The summed E-state index contributed by atoms with van der Waals surface area (Å²) in [4.78, 5) is 11.7. The van der Waals surface area contributed by atoms with Crippen molar-refractivity contribution in [2.24, 2.45) is 0 Å². The zero-order valence-electron chi connectivity index (χ0n) is 14.7. The third-order valence-corrected chi connectivity index (χ3v) is 5.07. The Bertz CT molecular complexity index is 834. The summed E-state index contributed by atoms with van der Waals surface area (Å²) >= 11 is 0. The zero-order valence-corrected chi connectivity index (χ0v) is 14.7. The Morgan fingerprint density at radius 1 is 1.23 bits per heavy atom. The van der Waals surface area contributed by atoms with Gasteiger partial charge in [-0.1, -0.05) is 12.1 Å². The van der Waals surface area contributed by atoms with E-state index in [9.17, 15) is 14.4 Å². The molecule has 2 aromatic carbocycles. The summed E-state index contributed by atoms with van der Waals surface area (Å²) in [5, 5.41) is 12.7. The van der Waals surface area contributed by atoms with E-state index in [1.54, 1.807) is 18.2 Å². The van der Waals surface area contributed by atoms with Crippen molar-refractivity contribution in [1.29, 1.82) is 5.26 Å². The maximum Gasteiger partial charge on any atom is 0.159 e. The van der Waals surface area contributed by atoms with Crippen molar-refractivity contribution in [2.45, 2.75) is 25.2 Å². The molecule has 2 aromatic rings. The van der Waals surface area contributed by atoms with Gasteiger partial charge in [0.05, 0.1) is 11.3 Å². The molecule has 1 saturated heterocycles. The van der Waals surface area contributed by atoms with Crippen LogP contribution in [0.25, 0.3) is 0 Å². The molecule has 1 aliphatic heterocycles. The summed E-state index contributed by atoms with van der Waals surface area (Å²) in [6.45, 7) is 3.36. The molecule has 1 aliphatic rings. The normalized spacial score (nSPS) is 15.9. The van der Waals surface area contributed by atoms with Crippen LogP contribution in [0, 0.1) is 17.1 Å². The molecule has 1 heterocycles. The van der Waals surface area contributed by atoms with E-state index < -0.39 is 0 Å². The summed E-state index contributed by atoms with van der Waals surface area (Å²) in [6.07, 6.45) is 1.61. The standard InChI is InChI=1S/C21H21FN2O2/c1-15(25)16-2-3-17(13-23)20(12-16)24-14-21(8-10-26-11-9-21)18-4-6-19(22)7-5-18/h2-7,12,24H,8-11,14H2,1H3. The van der Waals surface area contributed by atoms with Crippen molar-refractivity contribution in [3.63, 3.8) is 0 Å². The number of anilines is 1. The Hall–Kier alpha value is -2.71. The molecular formula is C21H21FN2O2. The zero-order chi connectivity index (χ0) is 18.6. The lowest BCUT2D eigenvalue weighted by Crippen LogP contribution is -2.40. The predicted octanol–water partition coefficient (Wildman–Crippen LogP) is 4.06. The van der Waals surface area contributed by atoms with Crippen molar-refractivity contribution in [3.05, 3.63) is 65.0 Å². The Labute approximate surface area is 152 Å². The molecule has 134 valence electrons. The van der Waals surface area contributed by atoms with E-state index in [0.717, 1.165) is 18.4 Å². The quantitative estimate of drug-likeness (QED) is 0.824. The van der Waals surface area contributed by atoms with Crippen LogP contribution in [-0.2, 0) is 10.2 Å². The number of hydrogen-bond donors (Lipinski definition) is 1. The van der Waals surface area contributed by atoms with Crippen LogP contribution in [0.3, 0.4) is 0 Å². The van der Waals surface area contributed by atoms with Crippen LogP contribution in [0.15, 0.2) is 42.5 Å². The van der Waals surface area contributed by atoms with Crippen molar-refractivity contribution in [2.75, 3.05) is 25.1 Å². The average Bonchev–Trinajstić information content (AvgIpc) is 2.67. The maximum absolute atomic E-state index is 13.3. The van der Waals surface area contributed by atoms with E-state index >= 15 is 0 Å². The van der Waals surface area contributed by atoms with E-state index in [0.29, 0.717) is 36.6 Å². The van der Waals surface area contributed by atoms with Gasteiger partial charge in [0.25, 0.3) is 0 Å². The van der Waals surface area contributed by atoms with E-state index in [2.05, 4.69) is 11.4 Å². The molecule has 0 unspecified atom stereocenters. The number of hydrogen-bond acceptors (Lipinski definition) is 4. The Morgan fingerprint density at radius 2 is 1.92 bits per heavy atom. The molecule has 3 rings (SSSR count). The van der Waals surface area contributed by atoms with E-state index in [-0.39, 0.29) is 17.0 Å². The number of Topliss-reactive ketones (excluding diaryl/α,β-unsaturated/α-hetero) is 1. The predicted molar refractivity (Wildman–Crippen MR) is 97.8 cm³/mol. The monoisotopic (exact) mass is 352 g/mol. The van der Waals surface area contributed by atoms with Crippen LogP contribution < -0.4 is 5.32 Å². The highest BCUT2D eigenvalue weighted by Crippen LogP contribution is 2.35. The second-order valence-corrected chi connectivity index (χ2v) is 6.68. The number of carbonyl (C=O) groups excluding carboxylic acids is 1. The van der Waals surface area contributed by atoms with Gasteiger partial charge in [0.15, 0.2) is 5.78 Å². The molecule has 4 nitrogen and oxygen atoms in total. The van der Waals surface area contributed by atoms with Gasteiger partial charge in [-0.15, -0.1) is 0 Å². The van der Waals surface area contributed by atoms with Gasteiger partial charge in [-0.05, 0) is 55.7 Å². The number of nitrogens with one attached hydrogen (secondary N) is 1. The number of carbonyl (C=O) groups is 1. The van der Waals surface area contributed by atoms with Gasteiger partial charge < -0.3 is 10.1 Å². The fourth-order valence-corrected chi connectivity index (χ4v) is 3.40. The minimum Gasteiger partial charge on any atom is -0.383 e. The van der Waals surface area contributed by atoms with Crippen LogP contribution >= 0.6 is 0 Å². The van der Waals surface area contributed by atoms with E-state index in [1.165, 1.54) is 19.1 Å². The van der Waals surface area contributed by atoms with Gasteiger partial charge in [-0.25, -0.2) is 4.39 Å². The summed E-state index contributed by atoms with van der Waals surface area (Å²) in [6, 6.07) is 13.8. The first-order valence-corrected chi connectivity index (χ1v) is 8.67. The molecule has 0 atom stereocenters. The summed E-state index contributed by atoms with van der Waals surface area (Å²) in [5.74, 6) is -0.304. The molecule has 26 heavy (non-hydrogen) atoms. The van der Waals surface area contributed by atoms with Crippen molar-refractivity contribution in [3.8, 4) is 6.07 Å². The smallest absolute Gasteiger partial charge is 0.159 e. The molecule has 1 N–H and O–H groups in total. The SMILES string of the molecule is CC(=O)c1ccc(C#N)c(NCC2(c3ccc(F)cc3)CCOCC2)c1. The molecule has 0 amide bonds. The molecule has 0 aliphatic carbocycles. The number of rotatable bonds is 5. The van der Waals surface area contributed by atoms with Gasteiger partial charge in [0.1, 0.15) is 11.9 Å². The van der Waals surface area contributed by atoms with Gasteiger partial charge in [0.2, 0.25) is 0 Å². The first kappa shape index (κ1) is 18.1. The lowest BCUT2D eigenvalue weighted by Gasteiger charge is -2.38. The van der Waals surface area contributed by atoms with Crippen LogP contribution in [0.5, 0.6) is 0 Å². The molecule has 0 spiro atoms. The number of ether oxygens (including phenoxy) is 1. The second-order valence-electron chi connectivity index (χ2n) is 6.68. The molecule has 0 radical (unpaired) electrons. The van der Waals surface area contributed by atoms with Crippen molar-refractivity contribution < 1.29 is 13.9 Å². The number of halogens is 1. The number of benzene rings is 2. The summed E-state index contributed by atoms with van der Waals surface area (Å²) in [7, 11) is 0. The molecule has 0 saturated carbocycles.